The normalized spacial score (nSPS) is 15.8. The summed E-state index contributed by atoms with van der Waals surface area (Å²) >= 11 is 0. The number of nitrogens with zero attached hydrogens (tertiary/aromatic N) is 1. The van der Waals surface area contributed by atoms with Crippen molar-refractivity contribution in [1.29, 1.82) is 0 Å². The van der Waals surface area contributed by atoms with Crippen LogP contribution < -0.4 is 5.32 Å². The Kier molecular flexibility index (Phi) is 5.56. The van der Waals surface area contributed by atoms with Crippen LogP contribution in [0.3, 0.4) is 0 Å². The second-order valence-corrected chi connectivity index (χ2v) is 6.43. The molecular formula is C19H18F4N2O. The number of nitrogens with one attached hydrogen (secondary N) is 1. The Balaban J connectivity index is 1.51. The van der Waals surface area contributed by atoms with Crippen LogP contribution in [-0.4, -0.2) is 29.9 Å². The van der Waals surface area contributed by atoms with Crippen molar-refractivity contribution in [3.63, 3.8) is 0 Å². The van der Waals surface area contributed by atoms with E-state index in [1.54, 1.807) is 6.07 Å². The molecule has 1 fully saturated rings. The van der Waals surface area contributed by atoms with E-state index < -0.39 is 29.2 Å². The van der Waals surface area contributed by atoms with E-state index in [-0.39, 0.29) is 11.6 Å². The highest BCUT2D eigenvalue weighted by molar-refractivity contribution is 5.94. The van der Waals surface area contributed by atoms with Crippen LogP contribution >= 0.6 is 0 Å². The van der Waals surface area contributed by atoms with E-state index >= 15 is 0 Å². The van der Waals surface area contributed by atoms with Gasteiger partial charge in [0.15, 0.2) is 11.6 Å². The van der Waals surface area contributed by atoms with Gasteiger partial charge in [-0.2, -0.15) is 0 Å². The number of hydrogen-bond donors (Lipinski definition) is 1. The minimum Gasteiger partial charge on any atom is -0.349 e. The average Bonchev–Trinajstić information content (AvgIpc) is 2.59. The largest absolute Gasteiger partial charge is 0.349 e. The first-order valence-electron chi connectivity index (χ1n) is 8.34. The molecule has 1 aliphatic rings. The van der Waals surface area contributed by atoms with Crippen molar-refractivity contribution in [3.8, 4) is 0 Å². The van der Waals surface area contributed by atoms with E-state index in [4.69, 9.17) is 0 Å². The lowest BCUT2D eigenvalue weighted by Gasteiger charge is -2.32. The first-order valence-corrected chi connectivity index (χ1v) is 8.34. The molecule has 0 saturated carbocycles. The molecule has 0 atom stereocenters. The zero-order valence-electron chi connectivity index (χ0n) is 13.9. The Hall–Kier alpha value is -2.41. The lowest BCUT2D eigenvalue weighted by atomic mass is 10.0. The minimum atomic E-state index is -0.871. The summed E-state index contributed by atoms with van der Waals surface area (Å²) in [6.45, 7) is 1.83. The fourth-order valence-electron chi connectivity index (χ4n) is 3.09. The van der Waals surface area contributed by atoms with Crippen molar-refractivity contribution < 1.29 is 22.4 Å². The van der Waals surface area contributed by atoms with Crippen molar-refractivity contribution in [2.75, 3.05) is 13.1 Å². The van der Waals surface area contributed by atoms with Crippen LogP contribution in [-0.2, 0) is 6.54 Å². The van der Waals surface area contributed by atoms with Crippen LogP contribution in [0, 0.1) is 23.3 Å². The van der Waals surface area contributed by atoms with Gasteiger partial charge in [-0.25, -0.2) is 17.6 Å². The summed E-state index contributed by atoms with van der Waals surface area (Å²) in [5.41, 5.74) is 0.633. The van der Waals surface area contributed by atoms with Crippen molar-refractivity contribution in [2.45, 2.75) is 25.4 Å². The molecule has 1 heterocycles. The molecule has 2 aromatic rings. The quantitative estimate of drug-likeness (QED) is 0.838. The third-order valence-corrected chi connectivity index (χ3v) is 4.44. The monoisotopic (exact) mass is 366 g/mol. The minimum absolute atomic E-state index is 0.0493. The summed E-state index contributed by atoms with van der Waals surface area (Å²) in [6.07, 6.45) is 1.32. The van der Waals surface area contributed by atoms with Gasteiger partial charge in [0.05, 0.1) is 0 Å². The van der Waals surface area contributed by atoms with Gasteiger partial charge in [0, 0.05) is 37.3 Å². The van der Waals surface area contributed by atoms with Gasteiger partial charge in [-0.3, -0.25) is 9.69 Å². The molecule has 1 saturated heterocycles. The summed E-state index contributed by atoms with van der Waals surface area (Å²) in [5.74, 6) is -3.84. The summed E-state index contributed by atoms with van der Waals surface area (Å²) < 4.78 is 52.6. The number of carbonyl (C=O) groups is 1. The fourth-order valence-corrected chi connectivity index (χ4v) is 3.09. The number of halogens is 4. The summed E-state index contributed by atoms with van der Waals surface area (Å²) in [7, 11) is 0. The van der Waals surface area contributed by atoms with Crippen molar-refractivity contribution in [2.24, 2.45) is 0 Å². The molecule has 0 aliphatic carbocycles. The molecule has 0 aromatic heterocycles. The van der Waals surface area contributed by atoms with E-state index in [9.17, 15) is 22.4 Å². The number of carbonyl (C=O) groups excluding carboxylic acids is 1. The molecule has 7 heteroatoms. The smallest absolute Gasteiger partial charge is 0.251 e. The Morgan fingerprint density at radius 3 is 2.23 bits per heavy atom. The molecule has 2 aromatic carbocycles. The lowest BCUT2D eigenvalue weighted by molar-refractivity contribution is 0.0908. The SMILES string of the molecule is O=C(NC1CCN(Cc2ccc(F)c(F)c2)CC1)c1cc(F)cc(F)c1. The predicted octanol–water partition coefficient (Wildman–Crippen LogP) is 3.64. The van der Waals surface area contributed by atoms with Crippen LogP contribution in [0.4, 0.5) is 17.6 Å². The molecule has 0 unspecified atom stereocenters. The molecule has 3 nitrogen and oxygen atoms in total. The maximum absolute atomic E-state index is 13.3. The molecule has 0 radical (unpaired) electrons. The predicted molar refractivity (Wildman–Crippen MR) is 88.5 cm³/mol. The highest BCUT2D eigenvalue weighted by atomic mass is 19.2. The van der Waals surface area contributed by atoms with Gasteiger partial charge in [-0.1, -0.05) is 6.07 Å². The average molecular weight is 366 g/mol. The van der Waals surface area contributed by atoms with Crippen molar-refractivity contribution in [1.82, 2.24) is 10.2 Å². The molecule has 1 N–H and O–H groups in total. The highest BCUT2D eigenvalue weighted by Crippen LogP contribution is 2.17. The Labute approximate surface area is 148 Å². The van der Waals surface area contributed by atoms with Crippen LogP contribution in [0.1, 0.15) is 28.8 Å². The van der Waals surface area contributed by atoms with Crippen molar-refractivity contribution >= 4 is 5.91 Å². The molecule has 3 rings (SSSR count). The summed E-state index contributed by atoms with van der Waals surface area (Å²) in [5, 5.41) is 2.78. The van der Waals surface area contributed by atoms with Gasteiger partial charge in [-0.15, -0.1) is 0 Å². The highest BCUT2D eigenvalue weighted by Gasteiger charge is 2.22. The van der Waals surface area contributed by atoms with Crippen LogP contribution in [0.2, 0.25) is 0 Å². The Morgan fingerprint density at radius 2 is 1.62 bits per heavy atom. The van der Waals surface area contributed by atoms with Crippen LogP contribution in [0.15, 0.2) is 36.4 Å². The molecule has 1 amide bonds. The van der Waals surface area contributed by atoms with Crippen LogP contribution in [0.5, 0.6) is 0 Å². The second-order valence-electron chi connectivity index (χ2n) is 6.43. The van der Waals surface area contributed by atoms with E-state index in [1.807, 2.05) is 0 Å². The maximum atomic E-state index is 13.3. The molecule has 0 spiro atoms. The lowest BCUT2D eigenvalue weighted by Crippen LogP contribution is -2.44. The number of benzene rings is 2. The zero-order chi connectivity index (χ0) is 18.7. The second kappa shape index (κ2) is 7.86. The van der Waals surface area contributed by atoms with Crippen molar-refractivity contribution in [3.05, 3.63) is 70.8 Å². The fraction of sp³-hybridized carbons (Fsp3) is 0.316. The molecular weight excluding hydrogens is 348 g/mol. The maximum Gasteiger partial charge on any atom is 0.251 e. The van der Waals surface area contributed by atoms with E-state index in [0.29, 0.717) is 44.1 Å². The van der Waals surface area contributed by atoms with Gasteiger partial charge < -0.3 is 5.32 Å². The van der Waals surface area contributed by atoms with Crippen LogP contribution in [0.25, 0.3) is 0 Å². The van der Waals surface area contributed by atoms with Gasteiger partial charge in [0.1, 0.15) is 11.6 Å². The van der Waals surface area contributed by atoms with E-state index in [0.717, 1.165) is 18.2 Å². The molecule has 138 valence electrons. The van der Waals surface area contributed by atoms with E-state index in [2.05, 4.69) is 10.2 Å². The first-order chi connectivity index (χ1) is 12.4. The molecule has 26 heavy (non-hydrogen) atoms. The van der Waals surface area contributed by atoms with Gasteiger partial charge >= 0.3 is 0 Å². The first kappa shape index (κ1) is 18.4. The number of hydrogen-bond acceptors (Lipinski definition) is 2. The summed E-state index contributed by atoms with van der Waals surface area (Å²) in [4.78, 5) is 14.2. The Morgan fingerprint density at radius 1 is 0.962 bits per heavy atom. The summed E-state index contributed by atoms with van der Waals surface area (Å²) in [6, 6.07) is 6.44. The number of amides is 1. The van der Waals surface area contributed by atoms with Gasteiger partial charge in [0.25, 0.3) is 5.91 Å². The number of likely N-dealkylation sites (tertiary alicyclic amines) is 1. The zero-order valence-corrected chi connectivity index (χ0v) is 13.9. The van der Waals surface area contributed by atoms with E-state index in [1.165, 1.54) is 6.07 Å². The third kappa shape index (κ3) is 4.60. The number of rotatable bonds is 4. The standard InChI is InChI=1S/C19H18F4N2O/c20-14-8-13(9-15(21)10-14)19(26)24-16-3-5-25(6-4-16)11-12-1-2-17(22)18(23)7-12/h1-2,7-10,16H,3-6,11H2,(H,24,26). The topological polar surface area (TPSA) is 32.3 Å². The van der Waals surface area contributed by atoms with Gasteiger partial charge in [-0.05, 0) is 42.7 Å². The third-order valence-electron chi connectivity index (χ3n) is 4.44. The molecule has 1 aliphatic heterocycles. The Bertz CT molecular complexity index is 784. The van der Waals surface area contributed by atoms with Gasteiger partial charge in [0.2, 0.25) is 0 Å². The molecule has 0 bridgehead atoms. The number of piperidine rings is 1.